The molecule has 3 heterocycles. The fourth-order valence-electron chi connectivity index (χ4n) is 4.50. The summed E-state index contributed by atoms with van der Waals surface area (Å²) in [6, 6.07) is 18.2. The fraction of sp³-hybridized carbons (Fsp3) is 0.129. The summed E-state index contributed by atoms with van der Waals surface area (Å²) in [4.78, 5) is 29.6. The van der Waals surface area contributed by atoms with Crippen molar-refractivity contribution < 1.29 is 40.6 Å². The minimum atomic E-state index is -5.27. The van der Waals surface area contributed by atoms with Crippen LogP contribution in [-0.2, 0) is 5.75 Å². The molecule has 0 radical (unpaired) electrons. The van der Waals surface area contributed by atoms with Gasteiger partial charge in [0.2, 0.25) is 5.16 Å². The molecule has 0 fully saturated rings. The Balaban J connectivity index is 1.13. The molecule has 0 aliphatic heterocycles. The zero-order chi connectivity index (χ0) is 34.1. The van der Waals surface area contributed by atoms with Crippen molar-refractivity contribution in [1.29, 1.82) is 0 Å². The SMILES string of the molecule is Cc1cc(Nc2ccc(C(=O)/C=C/c3ccc(OC(F)(F)F)c(OC(F)(F)F)c3)cc2)n2nc(SCc3nc4ccccc4[nH]3)nc2n1. The highest BCUT2D eigenvalue weighted by Crippen LogP contribution is 2.36. The van der Waals surface area contributed by atoms with Gasteiger partial charge in [-0.3, -0.25) is 4.79 Å². The fourth-order valence-corrected chi connectivity index (χ4v) is 5.19. The maximum absolute atomic E-state index is 12.8. The average molecular weight is 686 g/mol. The van der Waals surface area contributed by atoms with Crippen LogP contribution in [0.2, 0.25) is 0 Å². The number of imidazole rings is 1. The van der Waals surface area contributed by atoms with Crippen molar-refractivity contribution in [1.82, 2.24) is 29.5 Å². The van der Waals surface area contributed by atoms with Gasteiger partial charge in [-0.15, -0.1) is 31.4 Å². The molecular weight excluding hydrogens is 664 g/mol. The van der Waals surface area contributed by atoms with Gasteiger partial charge in [0.05, 0.1) is 16.8 Å². The molecule has 0 atom stereocenters. The highest BCUT2D eigenvalue weighted by Gasteiger charge is 2.36. The van der Waals surface area contributed by atoms with Gasteiger partial charge in [0.15, 0.2) is 17.3 Å². The maximum Gasteiger partial charge on any atom is 0.573 e. The number of carbonyl (C=O) groups is 1. The summed E-state index contributed by atoms with van der Waals surface area (Å²) in [6.45, 7) is 1.81. The predicted octanol–water partition coefficient (Wildman–Crippen LogP) is 8.04. The zero-order valence-electron chi connectivity index (χ0n) is 24.4. The first-order valence-corrected chi connectivity index (χ1v) is 14.8. The average Bonchev–Trinajstić information content (AvgIpc) is 3.62. The topological polar surface area (TPSA) is 119 Å². The number of halogens is 6. The number of ether oxygens (including phenoxy) is 2. The number of aromatic amines is 1. The first kappa shape index (κ1) is 32.4. The number of fused-ring (bicyclic) bond motifs is 2. The summed E-state index contributed by atoms with van der Waals surface area (Å²) >= 11 is 1.39. The second-order valence-corrected chi connectivity index (χ2v) is 11.0. The monoisotopic (exact) mass is 685 g/mol. The van der Waals surface area contributed by atoms with E-state index in [1.807, 2.05) is 31.2 Å². The van der Waals surface area contributed by atoms with Gasteiger partial charge >= 0.3 is 12.7 Å². The van der Waals surface area contributed by atoms with Crippen LogP contribution in [-0.4, -0.2) is 48.1 Å². The molecule has 17 heteroatoms. The van der Waals surface area contributed by atoms with Crippen LogP contribution in [0.5, 0.6) is 11.5 Å². The summed E-state index contributed by atoms with van der Waals surface area (Å²) in [5.74, 6) is -0.679. The van der Waals surface area contributed by atoms with Crippen LogP contribution in [0.3, 0.4) is 0 Å². The Bertz CT molecular complexity index is 2110. The molecule has 3 aromatic carbocycles. The Morgan fingerprint density at radius 1 is 0.917 bits per heavy atom. The summed E-state index contributed by atoms with van der Waals surface area (Å²) in [7, 11) is 0. The molecular formula is C31H21F6N7O3S. The maximum atomic E-state index is 12.8. The van der Waals surface area contributed by atoms with Crippen molar-refractivity contribution >= 4 is 51.9 Å². The summed E-state index contributed by atoms with van der Waals surface area (Å²) < 4.78 is 84.9. The van der Waals surface area contributed by atoms with E-state index in [0.29, 0.717) is 46.0 Å². The number of nitrogens with zero attached hydrogens (tertiary/aromatic N) is 5. The van der Waals surface area contributed by atoms with Crippen molar-refractivity contribution in [3.8, 4) is 11.5 Å². The van der Waals surface area contributed by atoms with Gasteiger partial charge in [-0.2, -0.15) is 9.50 Å². The molecule has 2 N–H and O–H groups in total. The van der Waals surface area contributed by atoms with Crippen molar-refractivity contribution in [3.05, 3.63) is 102 Å². The number of aromatic nitrogens is 6. The number of thioether (sulfide) groups is 1. The van der Waals surface area contributed by atoms with Gasteiger partial charge in [-0.25, -0.2) is 9.97 Å². The highest BCUT2D eigenvalue weighted by molar-refractivity contribution is 7.98. The number of H-pyrrole nitrogens is 1. The number of aryl methyl sites for hydroxylation is 1. The number of ketones is 1. The standard InChI is InChI=1S/C31H21F6N7O3S/c1-17-14-27(44-28(38-17)42-29(43-44)48-16-26-40-21-4-2-3-5-22(21)41-26)39-20-10-8-19(9-11-20)23(45)12-6-18-7-13-24(46-30(32,33)34)25(15-18)47-31(35,36)37/h2-15,39H,16H2,1H3,(H,40,41)/b12-6+. The Labute approximate surface area is 270 Å². The lowest BCUT2D eigenvalue weighted by molar-refractivity contribution is -0.287. The molecule has 10 nitrogen and oxygen atoms in total. The number of anilines is 2. The molecule has 246 valence electrons. The second kappa shape index (κ2) is 12.9. The number of hydrogen-bond acceptors (Lipinski definition) is 9. The van der Waals surface area contributed by atoms with E-state index < -0.39 is 30.0 Å². The molecule has 3 aromatic heterocycles. The number of carbonyl (C=O) groups excluding carboxylic acids is 1. The van der Waals surface area contributed by atoms with Crippen LogP contribution in [0, 0.1) is 6.92 Å². The number of para-hydroxylation sites is 2. The molecule has 0 aliphatic rings. The van der Waals surface area contributed by atoms with Gasteiger partial charge in [0, 0.05) is 23.0 Å². The molecule has 0 amide bonds. The third kappa shape index (κ3) is 8.03. The first-order chi connectivity index (χ1) is 22.8. The molecule has 0 saturated carbocycles. The van der Waals surface area contributed by atoms with E-state index in [1.54, 1.807) is 22.7 Å². The Morgan fingerprint density at radius 2 is 1.65 bits per heavy atom. The van der Waals surface area contributed by atoms with E-state index in [9.17, 15) is 31.1 Å². The van der Waals surface area contributed by atoms with E-state index in [1.165, 1.54) is 23.9 Å². The molecule has 0 unspecified atom stereocenters. The van der Waals surface area contributed by atoms with E-state index in [-0.39, 0.29) is 11.1 Å². The molecule has 0 aliphatic carbocycles. The van der Waals surface area contributed by atoms with Crippen LogP contribution in [0.15, 0.2) is 84.0 Å². The second-order valence-electron chi connectivity index (χ2n) is 10.1. The minimum absolute atomic E-state index is 0.0320. The van der Waals surface area contributed by atoms with E-state index in [2.05, 4.69) is 39.8 Å². The zero-order valence-corrected chi connectivity index (χ0v) is 25.2. The Hall–Kier alpha value is -5.58. The van der Waals surface area contributed by atoms with Crippen LogP contribution in [0.4, 0.5) is 37.8 Å². The van der Waals surface area contributed by atoms with Crippen LogP contribution >= 0.6 is 11.8 Å². The lowest BCUT2D eigenvalue weighted by atomic mass is 10.1. The van der Waals surface area contributed by atoms with Crippen LogP contribution < -0.4 is 14.8 Å². The van der Waals surface area contributed by atoms with Gasteiger partial charge in [0.1, 0.15) is 11.6 Å². The first-order valence-electron chi connectivity index (χ1n) is 13.8. The summed E-state index contributed by atoms with van der Waals surface area (Å²) in [6.07, 6.45) is -8.31. The highest BCUT2D eigenvalue weighted by atomic mass is 32.2. The van der Waals surface area contributed by atoms with Gasteiger partial charge in [-0.1, -0.05) is 36.0 Å². The van der Waals surface area contributed by atoms with Crippen molar-refractivity contribution in [2.45, 2.75) is 30.6 Å². The molecule has 6 aromatic rings. The minimum Gasteiger partial charge on any atom is -0.402 e. The number of allylic oxidation sites excluding steroid dienone is 1. The number of rotatable bonds is 10. The van der Waals surface area contributed by atoms with Gasteiger partial charge < -0.3 is 19.8 Å². The molecule has 48 heavy (non-hydrogen) atoms. The Morgan fingerprint density at radius 3 is 2.38 bits per heavy atom. The number of nitrogens with one attached hydrogen (secondary N) is 2. The van der Waals surface area contributed by atoms with Crippen LogP contribution in [0.1, 0.15) is 27.4 Å². The lowest BCUT2D eigenvalue weighted by Crippen LogP contribution is -2.21. The van der Waals surface area contributed by atoms with Crippen molar-refractivity contribution in [2.75, 3.05) is 5.32 Å². The quantitative estimate of drug-likeness (QED) is 0.0639. The largest absolute Gasteiger partial charge is 0.573 e. The van der Waals surface area contributed by atoms with E-state index in [4.69, 9.17) is 0 Å². The van der Waals surface area contributed by atoms with E-state index in [0.717, 1.165) is 35.1 Å². The summed E-state index contributed by atoms with van der Waals surface area (Å²) in [5, 5.41) is 8.29. The number of hydrogen-bond donors (Lipinski definition) is 2. The third-order valence-corrected chi connectivity index (χ3v) is 7.33. The lowest BCUT2D eigenvalue weighted by Gasteiger charge is -2.15. The van der Waals surface area contributed by atoms with Crippen molar-refractivity contribution in [2.24, 2.45) is 0 Å². The number of benzene rings is 3. The van der Waals surface area contributed by atoms with Gasteiger partial charge in [-0.05, 0) is 67.1 Å². The van der Waals surface area contributed by atoms with E-state index >= 15 is 0 Å². The molecule has 0 saturated heterocycles. The number of alkyl halides is 6. The normalized spacial score (nSPS) is 12.2. The predicted molar refractivity (Wildman–Crippen MR) is 164 cm³/mol. The van der Waals surface area contributed by atoms with Gasteiger partial charge in [0.25, 0.3) is 5.78 Å². The summed E-state index contributed by atoms with van der Waals surface area (Å²) in [5.41, 5.74) is 3.29. The molecule has 6 rings (SSSR count). The molecule has 0 spiro atoms. The van der Waals surface area contributed by atoms with Crippen molar-refractivity contribution in [3.63, 3.8) is 0 Å². The third-order valence-electron chi connectivity index (χ3n) is 6.49. The smallest absolute Gasteiger partial charge is 0.402 e. The molecule has 0 bridgehead atoms. The van der Waals surface area contributed by atoms with Crippen LogP contribution in [0.25, 0.3) is 22.9 Å². The Kier molecular flexibility index (Phi) is 8.70.